The first kappa shape index (κ1) is 15.2. The maximum absolute atomic E-state index is 13.4. The lowest BCUT2D eigenvalue weighted by molar-refractivity contribution is 0.0515. The molecule has 4 nitrogen and oxygen atoms in total. The summed E-state index contributed by atoms with van der Waals surface area (Å²) in [5.74, 6) is -0.622. The van der Waals surface area contributed by atoms with Crippen LogP contribution in [0.25, 0.3) is 11.0 Å². The number of aromatic nitrogens is 2. The number of hydrogen-bond acceptors (Lipinski definition) is 3. The number of benzene rings is 1. The lowest BCUT2D eigenvalue weighted by atomic mass is 10.1. The summed E-state index contributed by atoms with van der Waals surface area (Å²) in [7, 11) is 0. The van der Waals surface area contributed by atoms with Gasteiger partial charge in [-0.05, 0) is 49.2 Å². The maximum atomic E-state index is 13.4. The number of carbonyl (C=O) groups is 1. The number of rotatable bonds is 4. The highest BCUT2D eigenvalue weighted by Gasteiger charge is 2.17. The molecule has 0 aliphatic carbocycles. The monoisotopic (exact) mass is 312 g/mol. The normalized spacial score (nSPS) is 10.9. The van der Waals surface area contributed by atoms with Crippen molar-refractivity contribution in [2.75, 3.05) is 6.61 Å². The van der Waals surface area contributed by atoms with Crippen LogP contribution in [0, 0.1) is 12.7 Å². The molecule has 0 spiro atoms. The van der Waals surface area contributed by atoms with Gasteiger partial charge in [-0.2, -0.15) is 0 Å². The molecule has 0 unspecified atom stereocenters. The summed E-state index contributed by atoms with van der Waals surface area (Å²) in [6, 6.07) is 10.4. The minimum atomic E-state index is -0.385. The summed E-state index contributed by atoms with van der Waals surface area (Å²) >= 11 is 0. The lowest BCUT2D eigenvalue weighted by Gasteiger charge is -2.11. The van der Waals surface area contributed by atoms with Gasteiger partial charge in [0.05, 0.1) is 17.6 Å². The van der Waals surface area contributed by atoms with E-state index in [1.165, 1.54) is 6.07 Å². The van der Waals surface area contributed by atoms with Crippen molar-refractivity contribution in [3.05, 3.63) is 65.2 Å². The third kappa shape index (κ3) is 2.95. The second-order valence-corrected chi connectivity index (χ2v) is 5.33. The van der Waals surface area contributed by atoms with Crippen LogP contribution in [0.5, 0.6) is 0 Å². The van der Waals surface area contributed by atoms with E-state index >= 15 is 0 Å². The Kier molecular flexibility index (Phi) is 4.10. The molecule has 0 amide bonds. The molecule has 3 aromatic rings. The molecule has 5 heteroatoms. The molecule has 118 valence electrons. The first-order valence-electron chi connectivity index (χ1n) is 7.46. The summed E-state index contributed by atoms with van der Waals surface area (Å²) in [5, 5.41) is 0. The maximum Gasteiger partial charge on any atom is 0.355 e. The zero-order chi connectivity index (χ0) is 16.4. The number of nitrogens with zero attached hydrogens (tertiary/aromatic N) is 2. The highest BCUT2D eigenvalue weighted by molar-refractivity contribution is 5.94. The summed E-state index contributed by atoms with van der Waals surface area (Å²) in [4.78, 5) is 16.5. The van der Waals surface area contributed by atoms with Crippen molar-refractivity contribution in [3.63, 3.8) is 0 Å². The third-order valence-electron chi connectivity index (χ3n) is 3.72. The van der Waals surface area contributed by atoms with Crippen molar-refractivity contribution in [3.8, 4) is 0 Å². The van der Waals surface area contributed by atoms with E-state index in [-0.39, 0.29) is 11.8 Å². The smallest absolute Gasteiger partial charge is 0.355 e. The van der Waals surface area contributed by atoms with Crippen molar-refractivity contribution < 1.29 is 13.9 Å². The zero-order valence-corrected chi connectivity index (χ0v) is 13.0. The molecule has 3 rings (SSSR count). The van der Waals surface area contributed by atoms with E-state index in [0.717, 1.165) is 16.6 Å². The molecule has 0 radical (unpaired) electrons. The minimum Gasteiger partial charge on any atom is -0.461 e. The summed E-state index contributed by atoms with van der Waals surface area (Å²) in [6.45, 7) is 4.25. The van der Waals surface area contributed by atoms with E-state index in [9.17, 15) is 9.18 Å². The van der Waals surface area contributed by atoms with Crippen LogP contribution in [0.4, 0.5) is 4.39 Å². The van der Waals surface area contributed by atoms with E-state index in [2.05, 4.69) is 4.98 Å². The Morgan fingerprint density at radius 3 is 2.87 bits per heavy atom. The van der Waals surface area contributed by atoms with Gasteiger partial charge >= 0.3 is 5.97 Å². The Morgan fingerprint density at radius 2 is 2.13 bits per heavy atom. The van der Waals surface area contributed by atoms with Crippen LogP contribution in [0.1, 0.15) is 28.5 Å². The number of carbonyl (C=O) groups excluding carboxylic acids is 1. The van der Waals surface area contributed by atoms with E-state index in [1.54, 1.807) is 38.2 Å². The third-order valence-corrected chi connectivity index (χ3v) is 3.72. The summed E-state index contributed by atoms with van der Waals surface area (Å²) in [5.41, 5.74) is 3.51. The first-order chi connectivity index (χ1) is 11.1. The van der Waals surface area contributed by atoms with Gasteiger partial charge in [0.25, 0.3) is 0 Å². The molecule has 2 heterocycles. The minimum absolute atomic E-state index is 0.238. The second kappa shape index (κ2) is 6.20. The van der Waals surface area contributed by atoms with E-state index in [1.807, 2.05) is 16.7 Å². The fourth-order valence-electron chi connectivity index (χ4n) is 2.62. The molecule has 0 saturated carbocycles. The fraction of sp³-hybridized carbons (Fsp3) is 0.222. The SMILES string of the molecule is CCOC(=O)c1cc2ncccc2n1Cc1ccc(F)c(C)c1. The molecule has 0 aliphatic heterocycles. The van der Waals surface area contributed by atoms with Gasteiger partial charge < -0.3 is 9.30 Å². The second-order valence-electron chi connectivity index (χ2n) is 5.33. The molecular formula is C18H17FN2O2. The van der Waals surface area contributed by atoms with Crippen LogP contribution in [-0.2, 0) is 11.3 Å². The molecule has 0 atom stereocenters. The van der Waals surface area contributed by atoms with Gasteiger partial charge in [0.1, 0.15) is 11.5 Å². The Balaban J connectivity index is 2.08. The Morgan fingerprint density at radius 1 is 1.30 bits per heavy atom. The molecule has 23 heavy (non-hydrogen) atoms. The Hall–Kier alpha value is -2.69. The standard InChI is InChI=1S/C18H17FN2O2/c1-3-23-18(22)17-10-15-16(5-4-8-20-15)21(17)11-13-6-7-14(19)12(2)9-13/h4-10H,3,11H2,1-2H3. The van der Waals surface area contributed by atoms with Crippen molar-refractivity contribution >= 4 is 17.0 Å². The molecule has 2 aromatic heterocycles. The molecule has 1 aromatic carbocycles. The number of halogens is 1. The fourth-order valence-corrected chi connectivity index (χ4v) is 2.62. The van der Waals surface area contributed by atoms with Crippen molar-refractivity contribution in [1.82, 2.24) is 9.55 Å². The van der Waals surface area contributed by atoms with Gasteiger partial charge in [0.2, 0.25) is 0 Å². The number of aryl methyl sites for hydroxylation is 1. The summed E-state index contributed by atoms with van der Waals surface area (Å²) in [6.07, 6.45) is 1.68. The number of ether oxygens (including phenoxy) is 1. The molecule has 0 N–H and O–H groups in total. The van der Waals surface area contributed by atoms with Gasteiger partial charge in [-0.1, -0.05) is 12.1 Å². The molecule has 0 fully saturated rings. The predicted molar refractivity (Wildman–Crippen MR) is 85.9 cm³/mol. The van der Waals surface area contributed by atoms with Crippen molar-refractivity contribution in [2.45, 2.75) is 20.4 Å². The van der Waals surface area contributed by atoms with Crippen LogP contribution >= 0.6 is 0 Å². The average molecular weight is 312 g/mol. The van der Waals surface area contributed by atoms with Crippen molar-refractivity contribution in [1.29, 1.82) is 0 Å². The van der Waals surface area contributed by atoms with E-state index in [0.29, 0.717) is 24.4 Å². The predicted octanol–water partition coefficient (Wildman–Crippen LogP) is 3.71. The van der Waals surface area contributed by atoms with Gasteiger partial charge in [-0.15, -0.1) is 0 Å². The van der Waals surface area contributed by atoms with Gasteiger partial charge in [0, 0.05) is 12.7 Å². The highest BCUT2D eigenvalue weighted by Crippen LogP contribution is 2.21. The first-order valence-corrected chi connectivity index (χ1v) is 7.46. The van der Waals surface area contributed by atoms with Gasteiger partial charge in [-0.3, -0.25) is 4.98 Å². The molecule has 0 saturated heterocycles. The number of esters is 1. The number of pyridine rings is 1. The van der Waals surface area contributed by atoms with Crippen LogP contribution in [0.15, 0.2) is 42.6 Å². The van der Waals surface area contributed by atoms with Crippen LogP contribution in [0.3, 0.4) is 0 Å². The van der Waals surface area contributed by atoms with E-state index < -0.39 is 0 Å². The van der Waals surface area contributed by atoms with Crippen LogP contribution < -0.4 is 0 Å². The van der Waals surface area contributed by atoms with E-state index in [4.69, 9.17) is 4.74 Å². The van der Waals surface area contributed by atoms with Crippen LogP contribution in [0.2, 0.25) is 0 Å². The Labute approximate surface area is 133 Å². The number of fused-ring (bicyclic) bond motifs is 1. The quantitative estimate of drug-likeness (QED) is 0.690. The topological polar surface area (TPSA) is 44.1 Å². The number of hydrogen-bond donors (Lipinski definition) is 0. The summed E-state index contributed by atoms with van der Waals surface area (Å²) < 4.78 is 20.4. The van der Waals surface area contributed by atoms with Crippen LogP contribution in [-0.4, -0.2) is 22.1 Å². The highest BCUT2D eigenvalue weighted by atomic mass is 19.1. The Bertz CT molecular complexity index is 871. The van der Waals surface area contributed by atoms with Gasteiger partial charge in [-0.25, -0.2) is 9.18 Å². The molecule has 0 bridgehead atoms. The average Bonchev–Trinajstić information content (AvgIpc) is 2.90. The van der Waals surface area contributed by atoms with Gasteiger partial charge in [0.15, 0.2) is 0 Å². The molecular weight excluding hydrogens is 295 g/mol. The largest absolute Gasteiger partial charge is 0.461 e. The van der Waals surface area contributed by atoms with Crippen molar-refractivity contribution in [2.24, 2.45) is 0 Å². The zero-order valence-electron chi connectivity index (χ0n) is 13.0. The molecule has 0 aliphatic rings. The lowest BCUT2D eigenvalue weighted by Crippen LogP contribution is -2.13.